The molecule has 17 heavy (non-hydrogen) atoms. The van der Waals surface area contributed by atoms with E-state index in [9.17, 15) is 0 Å². The SMILES string of the molecule is COCCN1CC(C)NCc2cccc(Br)c21. The van der Waals surface area contributed by atoms with E-state index in [1.54, 1.807) is 7.11 Å². The molecule has 0 amide bonds. The van der Waals surface area contributed by atoms with Crippen LogP contribution < -0.4 is 10.2 Å². The average Bonchev–Trinajstić information content (AvgIpc) is 2.47. The van der Waals surface area contributed by atoms with Crippen molar-refractivity contribution in [2.24, 2.45) is 0 Å². The number of fused-ring (bicyclic) bond motifs is 1. The molecular formula is C13H19BrN2O. The van der Waals surface area contributed by atoms with E-state index in [-0.39, 0.29) is 0 Å². The maximum atomic E-state index is 5.20. The third-order valence-electron chi connectivity index (χ3n) is 3.09. The molecule has 3 nitrogen and oxygen atoms in total. The Morgan fingerprint density at radius 1 is 1.53 bits per heavy atom. The summed E-state index contributed by atoms with van der Waals surface area (Å²) in [7, 11) is 1.75. The van der Waals surface area contributed by atoms with Crippen LogP contribution in [0.5, 0.6) is 0 Å². The Hall–Kier alpha value is -0.580. The van der Waals surface area contributed by atoms with Gasteiger partial charge in [0.1, 0.15) is 0 Å². The number of halogens is 1. The number of anilines is 1. The van der Waals surface area contributed by atoms with Crippen LogP contribution >= 0.6 is 15.9 Å². The molecule has 0 spiro atoms. The highest BCUT2D eigenvalue weighted by Crippen LogP contribution is 2.31. The average molecular weight is 299 g/mol. The molecule has 94 valence electrons. The molecule has 1 heterocycles. The summed E-state index contributed by atoms with van der Waals surface area (Å²) in [4.78, 5) is 2.40. The minimum atomic E-state index is 0.492. The van der Waals surface area contributed by atoms with E-state index in [0.717, 1.165) is 26.2 Å². The van der Waals surface area contributed by atoms with Gasteiger partial charge in [0.25, 0.3) is 0 Å². The van der Waals surface area contributed by atoms with Gasteiger partial charge in [0, 0.05) is 37.3 Å². The molecule has 0 saturated carbocycles. The van der Waals surface area contributed by atoms with E-state index in [1.165, 1.54) is 15.7 Å². The topological polar surface area (TPSA) is 24.5 Å². The molecule has 0 aromatic heterocycles. The Morgan fingerprint density at radius 3 is 3.12 bits per heavy atom. The summed E-state index contributed by atoms with van der Waals surface area (Å²) in [5, 5.41) is 3.53. The second kappa shape index (κ2) is 5.85. The van der Waals surface area contributed by atoms with E-state index in [1.807, 2.05) is 0 Å². The van der Waals surface area contributed by atoms with Gasteiger partial charge in [-0.15, -0.1) is 0 Å². The van der Waals surface area contributed by atoms with Crippen molar-refractivity contribution in [2.75, 3.05) is 31.7 Å². The van der Waals surface area contributed by atoms with E-state index in [0.29, 0.717) is 6.04 Å². The first-order valence-electron chi connectivity index (χ1n) is 5.97. The fourth-order valence-electron chi connectivity index (χ4n) is 2.23. The van der Waals surface area contributed by atoms with E-state index >= 15 is 0 Å². The predicted octanol–water partition coefficient (Wildman–Crippen LogP) is 2.39. The molecule has 1 N–H and O–H groups in total. The molecule has 0 fully saturated rings. The lowest BCUT2D eigenvalue weighted by Crippen LogP contribution is -2.37. The quantitative estimate of drug-likeness (QED) is 0.927. The normalized spacial score (nSPS) is 19.9. The zero-order chi connectivity index (χ0) is 12.3. The first-order valence-corrected chi connectivity index (χ1v) is 6.76. The maximum Gasteiger partial charge on any atom is 0.0637 e. The number of hydrogen-bond acceptors (Lipinski definition) is 3. The summed E-state index contributed by atoms with van der Waals surface area (Å²) in [6.45, 7) is 5.85. The van der Waals surface area contributed by atoms with Crippen molar-refractivity contribution in [1.82, 2.24) is 5.32 Å². The first kappa shape index (κ1) is 12.9. The molecule has 1 aliphatic heterocycles. The molecule has 1 atom stereocenters. The Labute approximate surface area is 111 Å². The van der Waals surface area contributed by atoms with Gasteiger partial charge in [-0.3, -0.25) is 0 Å². The number of nitrogens with one attached hydrogen (secondary N) is 1. The molecule has 0 bridgehead atoms. The summed E-state index contributed by atoms with van der Waals surface area (Å²) in [6.07, 6.45) is 0. The number of nitrogens with zero attached hydrogens (tertiary/aromatic N) is 1. The molecule has 1 unspecified atom stereocenters. The fourth-order valence-corrected chi connectivity index (χ4v) is 2.89. The van der Waals surface area contributed by atoms with E-state index in [4.69, 9.17) is 4.74 Å². The van der Waals surface area contributed by atoms with Crippen LogP contribution in [-0.2, 0) is 11.3 Å². The van der Waals surface area contributed by atoms with E-state index < -0.39 is 0 Å². The van der Waals surface area contributed by atoms with Gasteiger partial charge >= 0.3 is 0 Å². The highest BCUT2D eigenvalue weighted by molar-refractivity contribution is 9.10. The fraction of sp³-hybridized carbons (Fsp3) is 0.538. The van der Waals surface area contributed by atoms with Crippen LogP contribution in [0, 0.1) is 0 Å². The van der Waals surface area contributed by atoms with Crippen molar-refractivity contribution in [1.29, 1.82) is 0 Å². The molecule has 1 aromatic rings. The lowest BCUT2D eigenvalue weighted by molar-refractivity contribution is 0.205. The number of para-hydroxylation sites is 1. The minimum absolute atomic E-state index is 0.492. The standard InChI is InChI=1S/C13H19BrN2O/c1-10-9-16(6-7-17-2)13-11(8-15-10)4-3-5-12(13)14/h3-5,10,15H,6-9H2,1-2H3. The molecule has 2 rings (SSSR count). The van der Waals surface area contributed by atoms with Gasteiger partial charge in [-0.05, 0) is 34.5 Å². The summed E-state index contributed by atoms with van der Waals surface area (Å²) < 4.78 is 6.37. The van der Waals surface area contributed by atoms with Crippen molar-refractivity contribution in [2.45, 2.75) is 19.5 Å². The second-order valence-electron chi connectivity index (χ2n) is 4.47. The third kappa shape index (κ3) is 3.00. The highest BCUT2D eigenvalue weighted by Gasteiger charge is 2.20. The van der Waals surface area contributed by atoms with Crippen molar-refractivity contribution in [3.63, 3.8) is 0 Å². The number of hydrogen-bond donors (Lipinski definition) is 1. The number of rotatable bonds is 3. The highest BCUT2D eigenvalue weighted by atomic mass is 79.9. The monoisotopic (exact) mass is 298 g/mol. The smallest absolute Gasteiger partial charge is 0.0637 e. The van der Waals surface area contributed by atoms with Crippen LogP contribution in [0.15, 0.2) is 22.7 Å². The molecule has 1 aromatic carbocycles. The number of benzene rings is 1. The zero-order valence-electron chi connectivity index (χ0n) is 10.4. The maximum absolute atomic E-state index is 5.20. The van der Waals surface area contributed by atoms with Crippen molar-refractivity contribution in [3.05, 3.63) is 28.2 Å². The van der Waals surface area contributed by atoms with Crippen LogP contribution in [0.1, 0.15) is 12.5 Å². The number of methoxy groups -OCH3 is 1. The van der Waals surface area contributed by atoms with Crippen molar-refractivity contribution in [3.8, 4) is 0 Å². The Bertz CT molecular complexity index is 384. The molecular weight excluding hydrogens is 280 g/mol. The van der Waals surface area contributed by atoms with Gasteiger partial charge < -0.3 is 15.0 Å². The van der Waals surface area contributed by atoms with Gasteiger partial charge in [0.2, 0.25) is 0 Å². The summed E-state index contributed by atoms with van der Waals surface area (Å²) >= 11 is 3.66. The van der Waals surface area contributed by atoms with Gasteiger partial charge in [-0.25, -0.2) is 0 Å². The van der Waals surface area contributed by atoms with Crippen LogP contribution in [0.4, 0.5) is 5.69 Å². The van der Waals surface area contributed by atoms with Crippen molar-refractivity contribution < 1.29 is 4.74 Å². The Kier molecular flexibility index (Phi) is 4.42. The van der Waals surface area contributed by atoms with Crippen LogP contribution in [0.3, 0.4) is 0 Å². The summed E-state index contributed by atoms with van der Waals surface area (Å²) in [5.74, 6) is 0. The largest absolute Gasteiger partial charge is 0.383 e. The zero-order valence-corrected chi connectivity index (χ0v) is 12.0. The van der Waals surface area contributed by atoms with Gasteiger partial charge in [0.05, 0.1) is 12.3 Å². The lowest BCUT2D eigenvalue weighted by Gasteiger charge is -2.27. The Morgan fingerprint density at radius 2 is 2.35 bits per heavy atom. The molecule has 1 aliphatic rings. The molecule has 0 aliphatic carbocycles. The minimum Gasteiger partial charge on any atom is -0.383 e. The van der Waals surface area contributed by atoms with Gasteiger partial charge in [0.15, 0.2) is 0 Å². The van der Waals surface area contributed by atoms with Crippen LogP contribution in [0.2, 0.25) is 0 Å². The summed E-state index contributed by atoms with van der Waals surface area (Å²) in [6, 6.07) is 6.88. The van der Waals surface area contributed by atoms with E-state index in [2.05, 4.69) is 51.3 Å². The lowest BCUT2D eigenvalue weighted by atomic mass is 10.1. The molecule has 0 saturated heterocycles. The van der Waals surface area contributed by atoms with Crippen LogP contribution in [-0.4, -0.2) is 32.8 Å². The summed E-state index contributed by atoms with van der Waals surface area (Å²) in [5.41, 5.74) is 2.65. The molecule has 0 radical (unpaired) electrons. The first-order chi connectivity index (χ1) is 8.22. The van der Waals surface area contributed by atoms with Gasteiger partial charge in [-0.2, -0.15) is 0 Å². The Balaban J connectivity index is 2.30. The van der Waals surface area contributed by atoms with Crippen LogP contribution in [0.25, 0.3) is 0 Å². The predicted molar refractivity (Wildman–Crippen MR) is 74.5 cm³/mol. The third-order valence-corrected chi connectivity index (χ3v) is 3.73. The van der Waals surface area contributed by atoms with Gasteiger partial charge in [-0.1, -0.05) is 12.1 Å². The second-order valence-corrected chi connectivity index (χ2v) is 5.32. The number of ether oxygens (including phenoxy) is 1. The molecule has 4 heteroatoms. The van der Waals surface area contributed by atoms with Crippen molar-refractivity contribution >= 4 is 21.6 Å².